The summed E-state index contributed by atoms with van der Waals surface area (Å²) in [6, 6.07) is 6.21. The molecule has 2 aromatic rings. The molecule has 9 heteroatoms. The molecule has 3 amide bonds. The van der Waals surface area contributed by atoms with E-state index in [4.69, 9.17) is 0 Å². The van der Waals surface area contributed by atoms with E-state index < -0.39 is 29.7 Å². The predicted molar refractivity (Wildman–Crippen MR) is 121 cm³/mol. The number of fused-ring (bicyclic) bond motifs is 1. The zero-order valence-corrected chi connectivity index (χ0v) is 19.1. The Bertz CT molecular complexity index is 1080. The van der Waals surface area contributed by atoms with Crippen molar-refractivity contribution in [2.75, 3.05) is 6.54 Å². The first-order valence-electron chi connectivity index (χ1n) is 11.1. The first-order chi connectivity index (χ1) is 15.6. The van der Waals surface area contributed by atoms with E-state index in [2.05, 4.69) is 27.0 Å². The molecule has 0 unspecified atom stereocenters. The molecule has 0 spiro atoms. The third-order valence-corrected chi connectivity index (χ3v) is 5.69. The molecule has 0 bridgehead atoms. The molecule has 0 radical (unpaired) electrons. The lowest BCUT2D eigenvalue weighted by molar-refractivity contribution is -0.128. The highest BCUT2D eigenvalue weighted by atomic mass is 19.1. The Morgan fingerprint density at radius 2 is 2.06 bits per heavy atom. The zero-order chi connectivity index (χ0) is 24.2. The molecule has 1 aromatic carbocycles. The molecule has 0 aliphatic carbocycles. The van der Waals surface area contributed by atoms with Gasteiger partial charge in [-0.25, -0.2) is 4.39 Å². The van der Waals surface area contributed by atoms with Gasteiger partial charge in [0.2, 0.25) is 11.8 Å². The van der Waals surface area contributed by atoms with Gasteiger partial charge in [0.15, 0.2) is 0 Å². The maximum absolute atomic E-state index is 14.0. The highest BCUT2D eigenvalue weighted by molar-refractivity contribution is 6.00. The van der Waals surface area contributed by atoms with Gasteiger partial charge in [0, 0.05) is 23.4 Å². The maximum atomic E-state index is 14.0. The number of aromatic nitrogens is 1. The van der Waals surface area contributed by atoms with Crippen molar-refractivity contribution in [3.63, 3.8) is 0 Å². The zero-order valence-electron chi connectivity index (χ0n) is 19.1. The molecular weight excluding hydrogens is 425 g/mol. The van der Waals surface area contributed by atoms with Gasteiger partial charge in [-0.05, 0) is 49.3 Å². The van der Waals surface area contributed by atoms with E-state index in [1.54, 1.807) is 12.1 Å². The van der Waals surface area contributed by atoms with E-state index in [1.807, 2.05) is 20.8 Å². The minimum absolute atomic E-state index is 0.110. The summed E-state index contributed by atoms with van der Waals surface area (Å²) in [5.74, 6) is -1.93. The van der Waals surface area contributed by atoms with Gasteiger partial charge in [-0.2, -0.15) is 5.26 Å². The summed E-state index contributed by atoms with van der Waals surface area (Å²) >= 11 is 0. The topological polar surface area (TPSA) is 127 Å². The van der Waals surface area contributed by atoms with Crippen LogP contribution in [0.2, 0.25) is 0 Å². The highest BCUT2D eigenvalue weighted by Crippen LogP contribution is 2.23. The number of H-pyrrole nitrogens is 1. The summed E-state index contributed by atoms with van der Waals surface area (Å²) in [4.78, 5) is 40.8. The van der Waals surface area contributed by atoms with E-state index in [0.29, 0.717) is 24.9 Å². The lowest BCUT2D eigenvalue weighted by Crippen LogP contribution is -2.51. The van der Waals surface area contributed by atoms with Crippen LogP contribution in [0, 0.1) is 28.5 Å². The Morgan fingerprint density at radius 3 is 2.70 bits per heavy atom. The second-order valence-corrected chi connectivity index (χ2v) is 9.73. The third-order valence-electron chi connectivity index (χ3n) is 5.69. The number of nitriles is 1. The van der Waals surface area contributed by atoms with Gasteiger partial charge < -0.3 is 20.9 Å². The minimum atomic E-state index is -0.912. The summed E-state index contributed by atoms with van der Waals surface area (Å²) in [5.41, 5.74) is 0.317. The van der Waals surface area contributed by atoms with Crippen LogP contribution >= 0.6 is 0 Å². The third kappa shape index (κ3) is 6.31. The molecule has 33 heavy (non-hydrogen) atoms. The molecule has 1 aliphatic rings. The number of hydrogen-bond acceptors (Lipinski definition) is 4. The van der Waals surface area contributed by atoms with Crippen molar-refractivity contribution in [3.05, 3.63) is 35.8 Å². The lowest BCUT2D eigenvalue weighted by atomic mass is 9.87. The molecule has 0 saturated carbocycles. The summed E-state index contributed by atoms with van der Waals surface area (Å²) in [7, 11) is 0. The second kappa shape index (κ2) is 10.0. The quantitative estimate of drug-likeness (QED) is 0.512. The van der Waals surface area contributed by atoms with Gasteiger partial charge in [0.05, 0.1) is 6.07 Å². The monoisotopic (exact) mass is 455 g/mol. The van der Waals surface area contributed by atoms with Gasteiger partial charge in [0.25, 0.3) is 5.91 Å². The molecular formula is C24H30FN5O3. The van der Waals surface area contributed by atoms with Crippen molar-refractivity contribution in [2.24, 2.45) is 11.3 Å². The van der Waals surface area contributed by atoms with Crippen LogP contribution < -0.4 is 16.0 Å². The maximum Gasteiger partial charge on any atom is 0.268 e. The fourth-order valence-electron chi connectivity index (χ4n) is 4.06. The number of nitrogens with one attached hydrogen (secondary N) is 4. The molecule has 8 nitrogen and oxygen atoms in total. The Balaban J connectivity index is 1.72. The van der Waals surface area contributed by atoms with Crippen LogP contribution in [0.4, 0.5) is 4.39 Å². The standard InChI is InChI=1S/C24H30FN5O3/c1-24(2,3)12-20(23(33)28-15(13-26)10-14-6-5-9-27-21(14)31)30-22(32)19-11-16-17(25)7-4-8-18(16)29-19/h4,7-8,11,14-15,20,29H,5-6,9-10,12H2,1-3H3,(H,27,31)(H,28,33)(H,30,32)/t14-,15-,20-/m0/s1. The molecule has 4 N–H and O–H groups in total. The first kappa shape index (κ1) is 24.2. The van der Waals surface area contributed by atoms with E-state index in [9.17, 15) is 24.0 Å². The minimum Gasteiger partial charge on any atom is -0.356 e. The summed E-state index contributed by atoms with van der Waals surface area (Å²) in [5, 5.41) is 18.0. The molecule has 176 valence electrons. The number of carbonyl (C=O) groups is 3. The smallest absolute Gasteiger partial charge is 0.268 e. The van der Waals surface area contributed by atoms with Crippen LogP contribution in [0.25, 0.3) is 10.9 Å². The second-order valence-electron chi connectivity index (χ2n) is 9.73. The fourth-order valence-corrected chi connectivity index (χ4v) is 4.06. The Morgan fingerprint density at radius 1 is 1.30 bits per heavy atom. The van der Waals surface area contributed by atoms with Crippen LogP contribution in [-0.4, -0.2) is 41.3 Å². The first-order valence-corrected chi connectivity index (χ1v) is 11.1. The Labute approximate surface area is 192 Å². The molecule has 1 aromatic heterocycles. The number of benzene rings is 1. The molecule has 3 atom stereocenters. The molecule has 2 heterocycles. The van der Waals surface area contributed by atoms with Crippen LogP contribution in [0.5, 0.6) is 0 Å². The fraction of sp³-hybridized carbons (Fsp3) is 0.500. The number of halogens is 1. The van der Waals surface area contributed by atoms with Gasteiger partial charge in [-0.15, -0.1) is 0 Å². The summed E-state index contributed by atoms with van der Waals surface area (Å²) < 4.78 is 14.0. The van der Waals surface area contributed by atoms with Crippen LogP contribution in [0.3, 0.4) is 0 Å². The molecule has 1 saturated heterocycles. The lowest BCUT2D eigenvalue weighted by Gasteiger charge is -2.28. The molecule has 3 rings (SSSR count). The van der Waals surface area contributed by atoms with Crippen molar-refractivity contribution in [1.82, 2.24) is 20.9 Å². The predicted octanol–water partition coefficient (Wildman–Crippen LogP) is 2.77. The van der Waals surface area contributed by atoms with Crippen LogP contribution in [0.1, 0.15) is 56.9 Å². The Kier molecular flexibility index (Phi) is 7.36. The average molecular weight is 456 g/mol. The van der Waals surface area contributed by atoms with Gasteiger partial charge in [-0.1, -0.05) is 26.8 Å². The van der Waals surface area contributed by atoms with Crippen molar-refractivity contribution >= 4 is 28.6 Å². The number of carbonyl (C=O) groups excluding carboxylic acids is 3. The van der Waals surface area contributed by atoms with Crippen molar-refractivity contribution in [1.29, 1.82) is 5.26 Å². The normalized spacial score (nSPS) is 18.2. The van der Waals surface area contributed by atoms with Crippen molar-refractivity contribution in [2.45, 2.75) is 58.5 Å². The van der Waals surface area contributed by atoms with Gasteiger partial charge in [-0.3, -0.25) is 14.4 Å². The SMILES string of the molecule is CC(C)(C)C[C@H](NC(=O)c1cc2c(F)cccc2[nH]1)C(=O)N[C@H](C#N)C[C@@H]1CCCNC1=O. The average Bonchev–Trinajstić information content (AvgIpc) is 3.19. The van der Waals surface area contributed by atoms with E-state index in [1.165, 1.54) is 12.1 Å². The number of piperidine rings is 1. The van der Waals surface area contributed by atoms with Crippen LogP contribution in [0.15, 0.2) is 24.3 Å². The number of rotatable bonds is 7. The van der Waals surface area contributed by atoms with Crippen molar-refractivity contribution < 1.29 is 18.8 Å². The number of amides is 3. The number of nitrogens with zero attached hydrogens (tertiary/aromatic N) is 1. The highest BCUT2D eigenvalue weighted by Gasteiger charge is 2.31. The van der Waals surface area contributed by atoms with E-state index in [0.717, 1.165) is 6.42 Å². The van der Waals surface area contributed by atoms with Crippen molar-refractivity contribution in [3.8, 4) is 6.07 Å². The van der Waals surface area contributed by atoms with E-state index >= 15 is 0 Å². The molecule has 1 aliphatic heterocycles. The summed E-state index contributed by atoms with van der Waals surface area (Å²) in [6.45, 7) is 6.43. The van der Waals surface area contributed by atoms with E-state index in [-0.39, 0.29) is 34.7 Å². The summed E-state index contributed by atoms with van der Waals surface area (Å²) in [6.07, 6.45) is 2.03. The van der Waals surface area contributed by atoms with Gasteiger partial charge in [0.1, 0.15) is 23.6 Å². The largest absolute Gasteiger partial charge is 0.356 e. The van der Waals surface area contributed by atoms with Gasteiger partial charge >= 0.3 is 0 Å². The number of hydrogen-bond donors (Lipinski definition) is 4. The van der Waals surface area contributed by atoms with Crippen LogP contribution in [-0.2, 0) is 9.59 Å². The Hall–Kier alpha value is -3.41. The number of aromatic amines is 1. The molecule has 1 fully saturated rings.